The van der Waals surface area contributed by atoms with Crippen molar-refractivity contribution in [3.63, 3.8) is 0 Å². The van der Waals surface area contributed by atoms with E-state index >= 15 is 0 Å². The van der Waals surface area contributed by atoms with Crippen molar-refractivity contribution in [2.45, 2.75) is 19.8 Å². The molecule has 1 atom stereocenters. The Bertz CT molecular complexity index is 1180. The third-order valence-corrected chi connectivity index (χ3v) is 5.68. The van der Waals surface area contributed by atoms with Crippen molar-refractivity contribution in [3.05, 3.63) is 64.6 Å². The number of fused-ring (bicyclic) bond motifs is 1. The van der Waals surface area contributed by atoms with Gasteiger partial charge in [-0.25, -0.2) is 14.4 Å². The minimum absolute atomic E-state index is 0.0765. The lowest BCUT2D eigenvalue weighted by molar-refractivity contribution is 0.407. The van der Waals surface area contributed by atoms with Crippen LogP contribution < -0.4 is 4.74 Å². The lowest BCUT2D eigenvalue weighted by Crippen LogP contribution is -2.02. The number of nitrogens with one attached hydrogen (secondary N) is 1. The Morgan fingerprint density at radius 2 is 2.04 bits per heavy atom. The summed E-state index contributed by atoms with van der Waals surface area (Å²) in [5.41, 5.74) is 4.28. The predicted molar refractivity (Wildman–Crippen MR) is 109 cm³/mol. The molecule has 1 N–H and O–H groups in total. The Hall–Kier alpha value is -2.86. The standard InChI is InChI=1S/C21H20ClFN4O/c1-11(19-18(28-4)6-5-16(23)20(19)22)15-9-26-21-14(15)7-13(8-25-21)17-10-24-12(2)27(17)3/h5-11H,1-4H3,(H,25,26). The zero-order valence-corrected chi connectivity index (χ0v) is 16.8. The van der Waals surface area contributed by atoms with E-state index in [9.17, 15) is 4.39 Å². The van der Waals surface area contributed by atoms with Crippen LogP contribution in [0.1, 0.15) is 29.8 Å². The highest BCUT2D eigenvalue weighted by Crippen LogP contribution is 2.40. The molecule has 0 aliphatic carbocycles. The highest BCUT2D eigenvalue weighted by Gasteiger charge is 2.23. The Morgan fingerprint density at radius 1 is 1.25 bits per heavy atom. The van der Waals surface area contributed by atoms with Crippen LogP contribution in [0.2, 0.25) is 5.02 Å². The van der Waals surface area contributed by atoms with Crippen LogP contribution in [0.25, 0.3) is 22.3 Å². The summed E-state index contributed by atoms with van der Waals surface area (Å²) in [6.45, 7) is 3.93. The second-order valence-corrected chi connectivity index (χ2v) is 7.19. The average molecular weight is 399 g/mol. The second kappa shape index (κ2) is 6.95. The van der Waals surface area contributed by atoms with Crippen molar-refractivity contribution < 1.29 is 9.13 Å². The summed E-state index contributed by atoms with van der Waals surface area (Å²) in [5.74, 6) is 0.819. The number of ether oxygens (including phenoxy) is 1. The van der Waals surface area contributed by atoms with Crippen molar-refractivity contribution >= 4 is 22.6 Å². The van der Waals surface area contributed by atoms with E-state index in [2.05, 4.69) is 21.0 Å². The van der Waals surface area contributed by atoms with E-state index in [4.69, 9.17) is 16.3 Å². The topological polar surface area (TPSA) is 55.7 Å². The molecule has 1 aromatic carbocycles. The van der Waals surface area contributed by atoms with Gasteiger partial charge in [-0.05, 0) is 30.7 Å². The SMILES string of the molecule is COc1ccc(F)c(Cl)c1C(C)c1c[nH]c2ncc(-c3cnc(C)n3C)cc12. The molecular weight excluding hydrogens is 379 g/mol. The molecule has 28 heavy (non-hydrogen) atoms. The number of benzene rings is 1. The van der Waals surface area contributed by atoms with Crippen molar-refractivity contribution in [2.24, 2.45) is 7.05 Å². The Labute approximate surface area is 167 Å². The van der Waals surface area contributed by atoms with Crippen LogP contribution in [-0.2, 0) is 7.05 Å². The van der Waals surface area contributed by atoms with Gasteiger partial charge in [0.05, 0.1) is 24.0 Å². The fraction of sp³-hybridized carbons (Fsp3) is 0.238. The van der Waals surface area contributed by atoms with Gasteiger partial charge < -0.3 is 14.3 Å². The third kappa shape index (κ3) is 2.85. The number of aryl methyl sites for hydroxylation is 1. The maximum absolute atomic E-state index is 14.1. The smallest absolute Gasteiger partial charge is 0.142 e. The first-order chi connectivity index (χ1) is 13.4. The van der Waals surface area contributed by atoms with Gasteiger partial charge in [0, 0.05) is 41.9 Å². The van der Waals surface area contributed by atoms with Crippen LogP contribution in [0, 0.1) is 12.7 Å². The summed E-state index contributed by atoms with van der Waals surface area (Å²) in [6.07, 6.45) is 5.54. The summed E-state index contributed by atoms with van der Waals surface area (Å²) in [4.78, 5) is 12.1. The first kappa shape index (κ1) is 18.5. The molecule has 0 saturated heterocycles. The molecule has 7 heteroatoms. The van der Waals surface area contributed by atoms with Gasteiger partial charge in [-0.15, -0.1) is 0 Å². The van der Waals surface area contributed by atoms with Crippen LogP contribution in [-0.4, -0.2) is 26.6 Å². The zero-order valence-electron chi connectivity index (χ0n) is 16.0. The summed E-state index contributed by atoms with van der Waals surface area (Å²) < 4.78 is 21.6. The van der Waals surface area contributed by atoms with Gasteiger partial charge in [0.15, 0.2) is 0 Å². The molecule has 0 aliphatic heterocycles. The van der Waals surface area contributed by atoms with E-state index in [1.165, 1.54) is 6.07 Å². The number of hydrogen-bond donors (Lipinski definition) is 1. The number of nitrogens with zero attached hydrogens (tertiary/aromatic N) is 3. The molecule has 3 aromatic heterocycles. The predicted octanol–water partition coefficient (Wildman–Crippen LogP) is 5.22. The number of hydrogen-bond acceptors (Lipinski definition) is 3. The van der Waals surface area contributed by atoms with Gasteiger partial charge in [0.1, 0.15) is 23.0 Å². The third-order valence-electron chi connectivity index (χ3n) is 5.29. The Balaban J connectivity index is 1.87. The van der Waals surface area contributed by atoms with Gasteiger partial charge in [0.25, 0.3) is 0 Å². The number of imidazole rings is 1. The summed E-state index contributed by atoms with van der Waals surface area (Å²) in [6, 6.07) is 4.99. The van der Waals surface area contributed by atoms with Crippen molar-refractivity contribution in [3.8, 4) is 17.0 Å². The molecule has 144 valence electrons. The molecule has 0 amide bonds. The molecule has 0 aliphatic rings. The number of halogens is 2. The summed E-state index contributed by atoms with van der Waals surface area (Å²) in [5, 5.41) is 1.03. The lowest BCUT2D eigenvalue weighted by atomic mass is 9.92. The van der Waals surface area contributed by atoms with Crippen LogP contribution in [0.3, 0.4) is 0 Å². The Morgan fingerprint density at radius 3 is 2.71 bits per heavy atom. The fourth-order valence-electron chi connectivity index (χ4n) is 3.58. The monoisotopic (exact) mass is 398 g/mol. The van der Waals surface area contributed by atoms with E-state index in [1.54, 1.807) is 13.2 Å². The number of aromatic amines is 1. The molecule has 5 nitrogen and oxygen atoms in total. The Kier molecular flexibility index (Phi) is 4.59. The van der Waals surface area contributed by atoms with Crippen LogP contribution in [0.4, 0.5) is 4.39 Å². The van der Waals surface area contributed by atoms with Gasteiger partial charge in [0.2, 0.25) is 0 Å². The second-order valence-electron chi connectivity index (χ2n) is 6.81. The molecule has 0 fully saturated rings. The van der Waals surface area contributed by atoms with E-state index in [0.717, 1.165) is 33.7 Å². The molecular formula is C21H20ClFN4O. The normalized spacial score (nSPS) is 12.5. The number of methoxy groups -OCH3 is 1. The van der Waals surface area contributed by atoms with Crippen molar-refractivity contribution in [1.29, 1.82) is 0 Å². The van der Waals surface area contributed by atoms with E-state index < -0.39 is 5.82 Å². The number of pyridine rings is 1. The van der Waals surface area contributed by atoms with Crippen LogP contribution >= 0.6 is 11.6 Å². The molecule has 0 saturated carbocycles. The molecule has 0 spiro atoms. The zero-order chi connectivity index (χ0) is 20.0. The molecule has 0 bridgehead atoms. The van der Waals surface area contributed by atoms with E-state index in [0.29, 0.717) is 11.3 Å². The molecule has 4 rings (SSSR count). The molecule has 0 radical (unpaired) electrons. The molecule has 4 aromatic rings. The molecule has 3 heterocycles. The molecule has 1 unspecified atom stereocenters. The maximum Gasteiger partial charge on any atom is 0.142 e. The van der Waals surface area contributed by atoms with Crippen molar-refractivity contribution in [2.75, 3.05) is 7.11 Å². The van der Waals surface area contributed by atoms with Gasteiger partial charge >= 0.3 is 0 Å². The quantitative estimate of drug-likeness (QED) is 0.512. The minimum atomic E-state index is -0.465. The first-order valence-corrected chi connectivity index (χ1v) is 9.27. The highest BCUT2D eigenvalue weighted by molar-refractivity contribution is 6.31. The highest BCUT2D eigenvalue weighted by atomic mass is 35.5. The van der Waals surface area contributed by atoms with Gasteiger partial charge in [-0.2, -0.15) is 0 Å². The summed E-state index contributed by atoms with van der Waals surface area (Å²) >= 11 is 6.30. The fourth-order valence-corrected chi connectivity index (χ4v) is 3.90. The number of H-pyrrole nitrogens is 1. The van der Waals surface area contributed by atoms with Gasteiger partial charge in [-0.1, -0.05) is 18.5 Å². The van der Waals surface area contributed by atoms with E-state index in [1.807, 2.05) is 44.1 Å². The lowest BCUT2D eigenvalue weighted by Gasteiger charge is -2.17. The van der Waals surface area contributed by atoms with Crippen LogP contribution in [0.15, 0.2) is 36.8 Å². The van der Waals surface area contributed by atoms with Crippen LogP contribution in [0.5, 0.6) is 5.75 Å². The van der Waals surface area contributed by atoms with Gasteiger partial charge in [-0.3, -0.25) is 0 Å². The first-order valence-electron chi connectivity index (χ1n) is 8.90. The minimum Gasteiger partial charge on any atom is -0.496 e. The average Bonchev–Trinajstić information content (AvgIpc) is 3.26. The van der Waals surface area contributed by atoms with Crippen molar-refractivity contribution in [1.82, 2.24) is 19.5 Å². The maximum atomic E-state index is 14.1. The number of rotatable bonds is 4. The largest absolute Gasteiger partial charge is 0.496 e. The van der Waals surface area contributed by atoms with E-state index in [-0.39, 0.29) is 10.9 Å². The number of aromatic nitrogens is 4. The summed E-state index contributed by atoms with van der Waals surface area (Å²) in [7, 11) is 3.53.